The number of rotatable bonds is 4. The predicted octanol–water partition coefficient (Wildman–Crippen LogP) is 2.76. The van der Waals surface area contributed by atoms with Gasteiger partial charge in [0.2, 0.25) is 0 Å². The number of carbonyl (C=O) groups is 1. The normalized spacial score (nSPS) is 33.7. The van der Waals surface area contributed by atoms with Gasteiger partial charge in [0.15, 0.2) is 0 Å². The standard InChI is InChI=1S/C13H25NO/c1-9-6-10(2)8-12(7-9)13(15)5-4-11(3)14/h9-12H,4-8,14H2,1-3H3. The minimum Gasteiger partial charge on any atom is -0.328 e. The number of carbonyl (C=O) groups excluding carboxylic acids is 1. The zero-order valence-electron chi connectivity index (χ0n) is 10.3. The number of Topliss-reactive ketones (excluding diaryl/α,β-unsaturated/α-hetero) is 1. The first-order valence-corrected chi connectivity index (χ1v) is 6.27. The second-order valence-electron chi connectivity index (χ2n) is 5.60. The molecule has 0 aliphatic heterocycles. The molecule has 88 valence electrons. The molecule has 0 spiro atoms. The molecule has 0 aromatic carbocycles. The first-order valence-electron chi connectivity index (χ1n) is 6.27. The zero-order valence-corrected chi connectivity index (χ0v) is 10.3. The highest BCUT2D eigenvalue weighted by Gasteiger charge is 2.28. The number of ketones is 1. The van der Waals surface area contributed by atoms with E-state index in [0.717, 1.165) is 31.1 Å². The Morgan fingerprint density at radius 1 is 1.27 bits per heavy atom. The molecule has 1 rings (SSSR count). The van der Waals surface area contributed by atoms with Gasteiger partial charge in [0, 0.05) is 18.4 Å². The van der Waals surface area contributed by atoms with E-state index in [2.05, 4.69) is 13.8 Å². The molecule has 0 radical (unpaired) electrons. The second kappa shape index (κ2) is 5.64. The summed E-state index contributed by atoms with van der Waals surface area (Å²) in [6, 6.07) is 0.160. The summed E-state index contributed by atoms with van der Waals surface area (Å²) >= 11 is 0. The Kier molecular flexibility index (Phi) is 4.78. The Morgan fingerprint density at radius 2 is 1.80 bits per heavy atom. The topological polar surface area (TPSA) is 43.1 Å². The van der Waals surface area contributed by atoms with Crippen LogP contribution in [0.4, 0.5) is 0 Å². The third-order valence-corrected chi connectivity index (χ3v) is 3.48. The third kappa shape index (κ3) is 4.33. The molecule has 2 N–H and O–H groups in total. The second-order valence-corrected chi connectivity index (χ2v) is 5.60. The molecule has 1 aliphatic carbocycles. The van der Waals surface area contributed by atoms with Crippen molar-refractivity contribution < 1.29 is 4.79 Å². The Morgan fingerprint density at radius 3 is 2.27 bits per heavy atom. The van der Waals surface area contributed by atoms with E-state index in [1.807, 2.05) is 6.92 Å². The van der Waals surface area contributed by atoms with Gasteiger partial charge < -0.3 is 5.73 Å². The number of hydrogen-bond acceptors (Lipinski definition) is 2. The minimum absolute atomic E-state index is 0.160. The fraction of sp³-hybridized carbons (Fsp3) is 0.923. The molecule has 1 aliphatic rings. The van der Waals surface area contributed by atoms with Gasteiger partial charge in [0.1, 0.15) is 5.78 Å². The fourth-order valence-electron chi connectivity index (χ4n) is 2.78. The van der Waals surface area contributed by atoms with E-state index in [1.165, 1.54) is 6.42 Å². The van der Waals surface area contributed by atoms with Crippen molar-refractivity contribution in [2.45, 2.75) is 58.9 Å². The van der Waals surface area contributed by atoms with E-state index >= 15 is 0 Å². The van der Waals surface area contributed by atoms with Gasteiger partial charge in [-0.1, -0.05) is 13.8 Å². The van der Waals surface area contributed by atoms with Gasteiger partial charge in [-0.25, -0.2) is 0 Å². The van der Waals surface area contributed by atoms with Crippen LogP contribution in [0.25, 0.3) is 0 Å². The molecule has 0 amide bonds. The van der Waals surface area contributed by atoms with Crippen LogP contribution in [0.2, 0.25) is 0 Å². The first kappa shape index (κ1) is 12.7. The van der Waals surface area contributed by atoms with Gasteiger partial charge in [-0.3, -0.25) is 4.79 Å². The van der Waals surface area contributed by atoms with Crippen LogP contribution < -0.4 is 5.73 Å². The van der Waals surface area contributed by atoms with Crippen molar-refractivity contribution in [3.8, 4) is 0 Å². The van der Waals surface area contributed by atoms with Crippen LogP contribution in [0.15, 0.2) is 0 Å². The zero-order chi connectivity index (χ0) is 11.4. The third-order valence-electron chi connectivity index (χ3n) is 3.48. The SMILES string of the molecule is CC(N)CCC(=O)C1CC(C)CC(C)C1. The lowest BCUT2D eigenvalue weighted by atomic mass is 9.74. The van der Waals surface area contributed by atoms with Crippen LogP contribution in [-0.4, -0.2) is 11.8 Å². The molecule has 1 saturated carbocycles. The summed E-state index contributed by atoms with van der Waals surface area (Å²) < 4.78 is 0. The summed E-state index contributed by atoms with van der Waals surface area (Å²) in [4.78, 5) is 11.9. The Hall–Kier alpha value is -0.370. The predicted molar refractivity (Wildman–Crippen MR) is 63.6 cm³/mol. The molecule has 0 heterocycles. The minimum atomic E-state index is 0.160. The van der Waals surface area contributed by atoms with Crippen LogP contribution in [-0.2, 0) is 4.79 Å². The molecule has 15 heavy (non-hydrogen) atoms. The molecule has 0 bridgehead atoms. The van der Waals surface area contributed by atoms with Gasteiger partial charge in [-0.2, -0.15) is 0 Å². The van der Waals surface area contributed by atoms with E-state index in [1.54, 1.807) is 0 Å². The van der Waals surface area contributed by atoms with Crippen LogP contribution in [0.3, 0.4) is 0 Å². The van der Waals surface area contributed by atoms with E-state index < -0.39 is 0 Å². The Balaban J connectivity index is 2.38. The lowest BCUT2D eigenvalue weighted by Crippen LogP contribution is -2.27. The maximum absolute atomic E-state index is 11.9. The van der Waals surface area contributed by atoms with E-state index in [0.29, 0.717) is 18.1 Å². The van der Waals surface area contributed by atoms with Gasteiger partial charge in [0.05, 0.1) is 0 Å². The lowest BCUT2D eigenvalue weighted by molar-refractivity contribution is -0.125. The van der Waals surface area contributed by atoms with Crippen LogP contribution in [0, 0.1) is 17.8 Å². The average molecular weight is 211 g/mol. The summed E-state index contributed by atoms with van der Waals surface area (Å²) in [5.41, 5.74) is 5.67. The van der Waals surface area contributed by atoms with Gasteiger partial charge in [-0.05, 0) is 44.4 Å². The molecular weight excluding hydrogens is 186 g/mol. The summed E-state index contributed by atoms with van der Waals surface area (Å²) in [6.07, 6.45) is 5.02. The first-order chi connectivity index (χ1) is 6.99. The average Bonchev–Trinajstić information content (AvgIpc) is 2.12. The van der Waals surface area contributed by atoms with Gasteiger partial charge >= 0.3 is 0 Å². The largest absolute Gasteiger partial charge is 0.328 e. The lowest BCUT2D eigenvalue weighted by Gasteiger charge is -2.30. The molecule has 2 heteroatoms. The van der Waals surface area contributed by atoms with E-state index in [4.69, 9.17) is 5.73 Å². The summed E-state index contributed by atoms with van der Waals surface area (Å²) in [5.74, 6) is 2.21. The van der Waals surface area contributed by atoms with Crippen molar-refractivity contribution in [1.29, 1.82) is 0 Å². The van der Waals surface area contributed by atoms with Crippen molar-refractivity contribution in [2.75, 3.05) is 0 Å². The molecule has 2 nitrogen and oxygen atoms in total. The van der Waals surface area contributed by atoms with Crippen LogP contribution >= 0.6 is 0 Å². The summed E-state index contributed by atoms with van der Waals surface area (Å²) in [6.45, 7) is 6.50. The van der Waals surface area contributed by atoms with E-state index in [-0.39, 0.29) is 6.04 Å². The molecule has 0 aromatic rings. The van der Waals surface area contributed by atoms with Gasteiger partial charge in [-0.15, -0.1) is 0 Å². The quantitative estimate of drug-likeness (QED) is 0.777. The van der Waals surface area contributed by atoms with Gasteiger partial charge in [0.25, 0.3) is 0 Å². The Bertz CT molecular complexity index is 203. The van der Waals surface area contributed by atoms with Crippen molar-refractivity contribution >= 4 is 5.78 Å². The highest BCUT2D eigenvalue weighted by Crippen LogP contribution is 2.33. The molecule has 0 saturated heterocycles. The molecule has 3 atom stereocenters. The smallest absolute Gasteiger partial charge is 0.136 e. The number of nitrogens with two attached hydrogens (primary N) is 1. The van der Waals surface area contributed by atoms with Crippen molar-refractivity contribution in [3.63, 3.8) is 0 Å². The van der Waals surface area contributed by atoms with Crippen molar-refractivity contribution in [3.05, 3.63) is 0 Å². The number of hydrogen-bond donors (Lipinski definition) is 1. The Labute approximate surface area is 93.6 Å². The van der Waals surface area contributed by atoms with E-state index in [9.17, 15) is 4.79 Å². The highest BCUT2D eigenvalue weighted by molar-refractivity contribution is 5.81. The molecule has 3 unspecified atom stereocenters. The molecule has 1 fully saturated rings. The molecular formula is C13H25NO. The van der Waals surface area contributed by atoms with Crippen molar-refractivity contribution in [1.82, 2.24) is 0 Å². The molecule has 0 aromatic heterocycles. The maximum atomic E-state index is 11.9. The maximum Gasteiger partial charge on any atom is 0.136 e. The van der Waals surface area contributed by atoms with Crippen LogP contribution in [0.5, 0.6) is 0 Å². The fourth-order valence-corrected chi connectivity index (χ4v) is 2.78. The highest BCUT2D eigenvalue weighted by atomic mass is 16.1. The summed E-state index contributed by atoms with van der Waals surface area (Å²) in [5, 5.41) is 0. The van der Waals surface area contributed by atoms with Crippen LogP contribution in [0.1, 0.15) is 52.9 Å². The van der Waals surface area contributed by atoms with Crippen molar-refractivity contribution in [2.24, 2.45) is 23.5 Å². The monoisotopic (exact) mass is 211 g/mol. The summed E-state index contributed by atoms with van der Waals surface area (Å²) in [7, 11) is 0.